The van der Waals surface area contributed by atoms with Gasteiger partial charge in [-0.25, -0.2) is 0 Å². The van der Waals surface area contributed by atoms with Crippen LogP contribution in [0.3, 0.4) is 0 Å². The van der Waals surface area contributed by atoms with Crippen LogP contribution in [-0.2, 0) is 11.3 Å². The number of nitrogens with zero attached hydrogens (tertiary/aromatic N) is 1. The third-order valence-corrected chi connectivity index (χ3v) is 5.75. The number of likely N-dealkylation sites (tertiary alicyclic amines) is 1. The van der Waals surface area contributed by atoms with E-state index in [1.54, 1.807) is 0 Å². The zero-order valence-corrected chi connectivity index (χ0v) is 15.0. The van der Waals surface area contributed by atoms with Crippen LogP contribution in [0.4, 0.5) is 0 Å². The van der Waals surface area contributed by atoms with Crippen LogP contribution in [0.1, 0.15) is 38.2 Å². The Labute approximate surface area is 146 Å². The van der Waals surface area contributed by atoms with Gasteiger partial charge in [-0.2, -0.15) is 0 Å². The lowest BCUT2D eigenvalue weighted by molar-refractivity contribution is -0.124. The number of fused-ring (bicyclic) bond motifs is 1. The average molecular weight is 329 g/mol. The van der Waals surface area contributed by atoms with Gasteiger partial charge in [-0.3, -0.25) is 9.69 Å². The Bertz CT molecular complexity index is 533. The van der Waals surface area contributed by atoms with Gasteiger partial charge in [-0.1, -0.05) is 43.7 Å². The summed E-state index contributed by atoms with van der Waals surface area (Å²) in [6.45, 7) is 5.45. The van der Waals surface area contributed by atoms with Gasteiger partial charge in [0.15, 0.2) is 0 Å². The molecule has 1 aliphatic heterocycles. The van der Waals surface area contributed by atoms with E-state index in [0.29, 0.717) is 12.0 Å². The quantitative estimate of drug-likeness (QED) is 0.807. The van der Waals surface area contributed by atoms with E-state index in [0.717, 1.165) is 38.3 Å². The van der Waals surface area contributed by atoms with Gasteiger partial charge in [0.1, 0.15) is 0 Å². The summed E-state index contributed by atoms with van der Waals surface area (Å²) in [5.41, 5.74) is 1.39. The predicted octanol–water partition coefficient (Wildman–Crippen LogP) is 2.40. The number of hydrogen-bond acceptors (Lipinski definition) is 3. The second-order valence-electron chi connectivity index (χ2n) is 7.43. The van der Waals surface area contributed by atoms with Gasteiger partial charge >= 0.3 is 0 Å². The first-order valence-electron chi connectivity index (χ1n) is 9.45. The van der Waals surface area contributed by atoms with Gasteiger partial charge in [0, 0.05) is 25.7 Å². The molecule has 0 aromatic heterocycles. The number of rotatable bonds is 7. The molecule has 1 heterocycles. The SMILES string of the molecule is CCC[C@H](NC)C(=O)N[C@@H]1CC[C@@H]2CN(Cc3ccccc3)C[C@@H]21. The Morgan fingerprint density at radius 1 is 1.25 bits per heavy atom. The summed E-state index contributed by atoms with van der Waals surface area (Å²) in [6, 6.07) is 11.0. The second-order valence-corrected chi connectivity index (χ2v) is 7.43. The summed E-state index contributed by atoms with van der Waals surface area (Å²) in [5.74, 6) is 1.56. The smallest absolute Gasteiger partial charge is 0.237 e. The number of hydrogen-bond donors (Lipinski definition) is 2. The van der Waals surface area contributed by atoms with E-state index >= 15 is 0 Å². The highest BCUT2D eigenvalue weighted by Gasteiger charge is 2.43. The summed E-state index contributed by atoms with van der Waals surface area (Å²) in [7, 11) is 1.88. The molecule has 1 saturated carbocycles. The molecule has 3 rings (SSSR count). The Hall–Kier alpha value is -1.39. The number of nitrogens with one attached hydrogen (secondary N) is 2. The maximum atomic E-state index is 12.5. The van der Waals surface area contributed by atoms with Crippen LogP contribution in [0.2, 0.25) is 0 Å². The molecule has 4 nitrogen and oxygen atoms in total. The van der Waals surface area contributed by atoms with Crippen LogP contribution in [0.5, 0.6) is 0 Å². The molecule has 1 aliphatic carbocycles. The Kier molecular flexibility index (Phi) is 5.90. The van der Waals surface area contributed by atoms with Crippen molar-refractivity contribution in [3.05, 3.63) is 35.9 Å². The standard InChI is InChI=1S/C20H31N3O/c1-3-7-19(21-2)20(24)22-18-11-10-16-13-23(14-17(16)18)12-15-8-5-4-6-9-15/h4-6,8-9,16-19,21H,3,7,10-14H2,1-2H3,(H,22,24)/t16-,17+,18-,19+/m1/s1. The average Bonchev–Trinajstić information content (AvgIpc) is 3.15. The highest BCUT2D eigenvalue weighted by atomic mass is 16.2. The maximum Gasteiger partial charge on any atom is 0.237 e. The molecule has 1 amide bonds. The fourth-order valence-corrected chi connectivity index (χ4v) is 4.49. The van der Waals surface area contributed by atoms with E-state index in [-0.39, 0.29) is 11.9 Å². The molecule has 2 aliphatic rings. The molecule has 2 fully saturated rings. The minimum atomic E-state index is -0.0455. The molecule has 2 N–H and O–H groups in total. The highest BCUT2D eigenvalue weighted by Crippen LogP contribution is 2.38. The zero-order valence-electron chi connectivity index (χ0n) is 15.0. The van der Waals surface area contributed by atoms with Gasteiger partial charge in [-0.05, 0) is 43.7 Å². The Morgan fingerprint density at radius 2 is 2.04 bits per heavy atom. The molecular formula is C20H31N3O. The fraction of sp³-hybridized carbons (Fsp3) is 0.650. The van der Waals surface area contributed by atoms with Crippen molar-refractivity contribution in [3.8, 4) is 0 Å². The molecule has 1 aromatic rings. The first kappa shape index (κ1) is 17.4. The van der Waals surface area contributed by atoms with Crippen LogP contribution in [0, 0.1) is 11.8 Å². The van der Waals surface area contributed by atoms with Gasteiger partial charge < -0.3 is 10.6 Å². The van der Waals surface area contributed by atoms with Gasteiger partial charge in [0.25, 0.3) is 0 Å². The number of carbonyl (C=O) groups excluding carboxylic acids is 1. The third kappa shape index (κ3) is 3.98. The van der Waals surface area contributed by atoms with Crippen molar-refractivity contribution in [3.63, 3.8) is 0 Å². The summed E-state index contributed by atoms with van der Waals surface area (Å²) in [4.78, 5) is 15.1. The molecule has 4 heteroatoms. The molecular weight excluding hydrogens is 298 g/mol. The number of benzene rings is 1. The summed E-state index contributed by atoms with van der Waals surface area (Å²) >= 11 is 0. The number of likely N-dealkylation sites (N-methyl/N-ethyl adjacent to an activating group) is 1. The summed E-state index contributed by atoms with van der Waals surface area (Å²) in [6.07, 6.45) is 4.32. The highest BCUT2D eigenvalue weighted by molar-refractivity contribution is 5.82. The van der Waals surface area contributed by atoms with Crippen molar-refractivity contribution in [1.82, 2.24) is 15.5 Å². The van der Waals surface area contributed by atoms with Crippen molar-refractivity contribution in [1.29, 1.82) is 0 Å². The van der Waals surface area contributed by atoms with E-state index in [1.807, 2.05) is 7.05 Å². The monoisotopic (exact) mass is 329 g/mol. The zero-order chi connectivity index (χ0) is 16.9. The molecule has 0 spiro atoms. The van der Waals surface area contributed by atoms with E-state index < -0.39 is 0 Å². The molecule has 1 saturated heterocycles. The van der Waals surface area contributed by atoms with E-state index in [2.05, 4.69) is 52.8 Å². The predicted molar refractivity (Wildman–Crippen MR) is 97.6 cm³/mol. The van der Waals surface area contributed by atoms with Crippen LogP contribution < -0.4 is 10.6 Å². The molecule has 4 atom stereocenters. The lowest BCUT2D eigenvalue weighted by atomic mass is 9.97. The third-order valence-electron chi connectivity index (χ3n) is 5.75. The maximum absolute atomic E-state index is 12.5. The Balaban J connectivity index is 1.54. The largest absolute Gasteiger partial charge is 0.352 e. The summed E-state index contributed by atoms with van der Waals surface area (Å²) in [5, 5.41) is 6.50. The first-order chi connectivity index (χ1) is 11.7. The van der Waals surface area contributed by atoms with E-state index in [1.165, 1.54) is 18.5 Å². The molecule has 0 bridgehead atoms. The van der Waals surface area contributed by atoms with Gasteiger partial charge in [0.2, 0.25) is 5.91 Å². The van der Waals surface area contributed by atoms with Crippen molar-refractivity contribution < 1.29 is 4.79 Å². The number of amides is 1. The lowest BCUT2D eigenvalue weighted by Crippen LogP contribution is -2.48. The number of carbonyl (C=O) groups is 1. The van der Waals surface area contributed by atoms with Crippen LogP contribution in [-0.4, -0.2) is 43.0 Å². The van der Waals surface area contributed by atoms with Crippen molar-refractivity contribution in [2.24, 2.45) is 11.8 Å². The van der Waals surface area contributed by atoms with Gasteiger partial charge in [-0.15, -0.1) is 0 Å². The van der Waals surface area contributed by atoms with E-state index in [4.69, 9.17) is 0 Å². The lowest BCUT2D eigenvalue weighted by Gasteiger charge is -2.24. The van der Waals surface area contributed by atoms with Crippen LogP contribution in [0.25, 0.3) is 0 Å². The second kappa shape index (κ2) is 8.13. The van der Waals surface area contributed by atoms with Crippen LogP contribution in [0.15, 0.2) is 30.3 Å². The van der Waals surface area contributed by atoms with Crippen molar-refractivity contribution >= 4 is 5.91 Å². The van der Waals surface area contributed by atoms with Crippen LogP contribution >= 0.6 is 0 Å². The minimum absolute atomic E-state index is 0.0455. The van der Waals surface area contributed by atoms with Crippen molar-refractivity contribution in [2.75, 3.05) is 20.1 Å². The normalized spacial score (nSPS) is 27.8. The molecule has 0 unspecified atom stereocenters. The van der Waals surface area contributed by atoms with Gasteiger partial charge in [0.05, 0.1) is 6.04 Å². The van der Waals surface area contributed by atoms with Crippen molar-refractivity contribution in [2.45, 2.75) is 51.2 Å². The molecule has 132 valence electrons. The van der Waals surface area contributed by atoms with E-state index in [9.17, 15) is 4.79 Å². The molecule has 24 heavy (non-hydrogen) atoms. The first-order valence-corrected chi connectivity index (χ1v) is 9.45. The topological polar surface area (TPSA) is 44.4 Å². The molecule has 1 aromatic carbocycles. The fourth-order valence-electron chi connectivity index (χ4n) is 4.49. The molecule has 0 radical (unpaired) electrons. The minimum Gasteiger partial charge on any atom is -0.352 e. The Morgan fingerprint density at radius 3 is 2.75 bits per heavy atom. The summed E-state index contributed by atoms with van der Waals surface area (Å²) < 4.78 is 0.